The minimum atomic E-state index is -0.143. The number of pyridine rings is 1. The van der Waals surface area contributed by atoms with Crippen LogP contribution in [0.15, 0.2) is 61.1 Å². The van der Waals surface area contributed by atoms with Gasteiger partial charge in [0.1, 0.15) is 5.69 Å². The maximum atomic E-state index is 13.2. The average molecular weight is 411 g/mol. The van der Waals surface area contributed by atoms with E-state index in [1.807, 2.05) is 49.6 Å². The van der Waals surface area contributed by atoms with Crippen molar-refractivity contribution in [3.8, 4) is 0 Å². The summed E-state index contributed by atoms with van der Waals surface area (Å²) < 4.78 is 3.08. The number of aryl methyl sites for hydroxylation is 2. The van der Waals surface area contributed by atoms with Gasteiger partial charge in [-0.2, -0.15) is 0 Å². The molecular weight excluding hydrogens is 392 g/mol. The van der Waals surface area contributed by atoms with E-state index < -0.39 is 0 Å². The van der Waals surface area contributed by atoms with Gasteiger partial charge in [0.05, 0.1) is 10.2 Å². The van der Waals surface area contributed by atoms with E-state index in [1.165, 1.54) is 11.3 Å². The Balaban J connectivity index is 1.65. The van der Waals surface area contributed by atoms with Gasteiger partial charge in [0.15, 0.2) is 5.13 Å². The normalized spacial score (nSPS) is 11.1. The summed E-state index contributed by atoms with van der Waals surface area (Å²) in [5, 5.41) is 1.35. The SMILES string of the molecule is Cc1cc(Cl)cc2sc(N(CCCn3cccc3)C(=O)c3ccccn3)nc12. The molecule has 4 rings (SSSR count). The number of anilines is 1. The summed E-state index contributed by atoms with van der Waals surface area (Å²) in [4.78, 5) is 23.9. The van der Waals surface area contributed by atoms with Gasteiger partial charge in [0, 0.05) is 36.7 Å². The Morgan fingerprint density at radius 3 is 2.79 bits per heavy atom. The van der Waals surface area contributed by atoms with Crippen molar-refractivity contribution in [3.05, 3.63) is 77.3 Å². The molecule has 0 saturated carbocycles. The minimum absolute atomic E-state index is 0.143. The smallest absolute Gasteiger partial charge is 0.278 e. The van der Waals surface area contributed by atoms with Gasteiger partial charge in [-0.25, -0.2) is 4.98 Å². The van der Waals surface area contributed by atoms with Gasteiger partial charge in [0.2, 0.25) is 0 Å². The lowest BCUT2D eigenvalue weighted by Crippen LogP contribution is -2.33. The maximum absolute atomic E-state index is 13.2. The van der Waals surface area contributed by atoms with Crippen LogP contribution in [0.1, 0.15) is 22.5 Å². The Labute approximate surface area is 172 Å². The standard InChI is InChI=1S/C21H19ClN4OS/c1-15-13-16(22)14-18-19(15)24-21(28-18)26(12-6-11-25-9-4-5-10-25)20(27)17-7-2-3-8-23-17/h2-5,7-10,13-14H,6,11-12H2,1H3. The fourth-order valence-corrected chi connectivity index (χ4v) is 4.55. The van der Waals surface area contributed by atoms with Crippen LogP contribution in [0.3, 0.4) is 0 Å². The Morgan fingerprint density at radius 1 is 1.21 bits per heavy atom. The zero-order valence-electron chi connectivity index (χ0n) is 15.4. The van der Waals surface area contributed by atoms with E-state index in [1.54, 1.807) is 23.2 Å². The first kappa shape index (κ1) is 18.7. The first-order chi connectivity index (χ1) is 13.6. The van der Waals surface area contributed by atoms with Crippen molar-refractivity contribution < 1.29 is 4.79 Å². The van der Waals surface area contributed by atoms with Crippen molar-refractivity contribution in [2.45, 2.75) is 19.9 Å². The van der Waals surface area contributed by atoms with Gasteiger partial charge in [-0.05, 0) is 55.3 Å². The fraction of sp³-hybridized carbons (Fsp3) is 0.190. The lowest BCUT2D eigenvalue weighted by Gasteiger charge is -2.19. The summed E-state index contributed by atoms with van der Waals surface area (Å²) in [5.41, 5.74) is 2.30. The van der Waals surface area contributed by atoms with Crippen LogP contribution in [0.2, 0.25) is 5.02 Å². The molecule has 0 aliphatic carbocycles. The van der Waals surface area contributed by atoms with E-state index in [0.29, 0.717) is 22.4 Å². The monoisotopic (exact) mass is 410 g/mol. The molecule has 28 heavy (non-hydrogen) atoms. The largest absolute Gasteiger partial charge is 0.354 e. The van der Waals surface area contributed by atoms with Gasteiger partial charge in [-0.3, -0.25) is 14.7 Å². The molecule has 3 aromatic heterocycles. The van der Waals surface area contributed by atoms with Crippen LogP contribution >= 0.6 is 22.9 Å². The molecule has 0 unspecified atom stereocenters. The highest BCUT2D eigenvalue weighted by Gasteiger charge is 2.22. The number of nitrogens with zero attached hydrogens (tertiary/aromatic N) is 4. The number of halogens is 1. The van der Waals surface area contributed by atoms with Crippen LogP contribution < -0.4 is 4.90 Å². The second kappa shape index (κ2) is 8.12. The second-order valence-corrected chi connectivity index (χ2v) is 7.96. The minimum Gasteiger partial charge on any atom is -0.354 e. The number of thiazole rings is 1. The highest BCUT2D eigenvalue weighted by Crippen LogP contribution is 2.33. The summed E-state index contributed by atoms with van der Waals surface area (Å²) in [6.07, 6.45) is 6.48. The second-order valence-electron chi connectivity index (χ2n) is 6.51. The number of carbonyl (C=O) groups is 1. The van der Waals surface area contributed by atoms with Crippen LogP contribution in [-0.4, -0.2) is 27.0 Å². The number of aromatic nitrogens is 3. The highest BCUT2D eigenvalue weighted by atomic mass is 35.5. The Bertz CT molecular complexity index is 1090. The molecule has 0 saturated heterocycles. The third-order valence-corrected chi connectivity index (χ3v) is 5.71. The number of carbonyl (C=O) groups excluding carboxylic acids is 1. The molecular formula is C21H19ClN4OS. The molecule has 0 aliphatic rings. The first-order valence-corrected chi connectivity index (χ1v) is 10.2. The number of rotatable bonds is 6. The molecule has 0 aliphatic heterocycles. The van der Waals surface area contributed by atoms with Crippen LogP contribution in [0.5, 0.6) is 0 Å². The quantitative estimate of drug-likeness (QED) is 0.439. The third-order valence-electron chi connectivity index (χ3n) is 4.46. The molecule has 5 nitrogen and oxygen atoms in total. The van der Waals surface area contributed by atoms with E-state index in [0.717, 1.165) is 28.7 Å². The van der Waals surface area contributed by atoms with Crippen LogP contribution in [0, 0.1) is 6.92 Å². The van der Waals surface area contributed by atoms with Gasteiger partial charge in [-0.1, -0.05) is 29.0 Å². The summed E-state index contributed by atoms with van der Waals surface area (Å²) >= 11 is 7.68. The molecule has 0 radical (unpaired) electrons. The Kier molecular flexibility index (Phi) is 5.41. The summed E-state index contributed by atoms with van der Waals surface area (Å²) in [5.74, 6) is -0.143. The fourth-order valence-electron chi connectivity index (χ4n) is 3.10. The van der Waals surface area contributed by atoms with Gasteiger partial charge < -0.3 is 4.57 Å². The topological polar surface area (TPSA) is 51.0 Å². The summed E-state index contributed by atoms with van der Waals surface area (Å²) in [6, 6.07) is 13.1. The first-order valence-electron chi connectivity index (χ1n) is 9.02. The van der Waals surface area contributed by atoms with Crippen molar-refractivity contribution >= 4 is 44.2 Å². The predicted octanol–water partition coefficient (Wildman–Crippen LogP) is 5.19. The third kappa shape index (κ3) is 3.93. The van der Waals surface area contributed by atoms with E-state index in [2.05, 4.69) is 9.55 Å². The number of amides is 1. The number of hydrogen-bond acceptors (Lipinski definition) is 4. The molecule has 3 heterocycles. The van der Waals surface area contributed by atoms with E-state index in [4.69, 9.17) is 16.6 Å². The van der Waals surface area contributed by atoms with E-state index >= 15 is 0 Å². The van der Waals surface area contributed by atoms with Crippen LogP contribution in [-0.2, 0) is 6.54 Å². The van der Waals surface area contributed by atoms with Crippen molar-refractivity contribution in [1.82, 2.24) is 14.5 Å². The number of fused-ring (bicyclic) bond motifs is 1. The van der Waals surface area contributed by atoms with Gasteiger partial charge >= 0.3 is 0 Å². The molecule has 0 bridgehead atoms. The Hall–Kier alpha value is -2.70. The van der Waals surface area contributed by atoms with E-state index in [-0.39, 0.29) is 5.91 Å². The average Bonchev–Trinajstić information content (AvgIpc) is 3.35. The van der Waals surface area contributed by atoms with E-state index in [9.17, 15) is 4.79 Å². The van der Waals surface area contributed by atoms with Crippen molar-refractivity contribution in [2.75, 3.05) is 11.4 Å². The molecule has 1 amide bonds. The molecule has 0 fully saturated rings. The number of benzene rings is 1. The molecule has 0 atom stereocenters. The molecule has 142 valence electrons. The lowest BCUT2D eigenvalue weighted by atomic mass is 10.2. The van der Waals surface area contributed by atoms with Gasteiger partial charge in [0.25, 0.3) is 5.91 Å². The molecule has 1 aromatic carbocycles. The zero-order valence-corrected chi connectivity index (χ0v) is 17.0. The summed E-state index contributed by atoms with van der Waals surface area (Å²) in [6.45, 7) is 3.36. The lowest BCUT2D eigenvalue weighted by molar-refractivity contribution is 0.0981. The number of hydrogen-bond donors (Lipinski definition) is 0. The maximum Gasteiger partial charge on any atom is 0.278 e. The highest BCUT2D eigenvalue weighted by molar-refractivity contribution is 7.22. The molecule has 7 heteroatoms. The van der Waals surface area contributed by atoms with Crippen molar-refractivity contribution in [3.63, 3.8) is 0 Å². The molecule has 4 aromatic rings. The molecule has 0 N–H and O–H groups in total. The summed E-state index contributed by atoms with van der Waals surface area (Å²) in [7, 11) is 0. The van der Waals surface area contributed by atoms with Gasteiger partial charge in [-0.15, -0.1) is 0 Å². The predicted molar refractivity (Wildman–Crippen MR) is 114 cm³/mol. The zero-order chi connectivity index (χ0) is 19.5. The van der Waals surface area contributed by atoms with Crippen molar-refractivity contribution in [1.29, 1.82) is 0 Å². The van der Waals surface area contributed by atoms with Crippen LogP contribution in [0.25, 0.3) is 10.2 Å². The van der Waals surface area contributed by atoms with Crippen LogP contribution in [0.4, 0.5) is 5.13 Å². The molecule has 0 spiro atoms. The van der Waals surface area contributed by atoms with Crippen molar-refractivity contribution in [2.24, 2.45) is 0 Å². The Morgan fingerprint density at radius 2 is 2.04 bits per heavy atom.